The third-order valence-electron chi connectivity index (χ3n) is 2.43. The van der Waals surface area contributed by atoms with E-state index in [2.05, 4.69) is 0 Å². The van der Waals surface area contributed by atoms with Crippen LogP contribution in [-0.2, 0) is 9.59 Å². The topological polar surface area (TPSA) is 54.4 Å². The molecular weight excluding hydrogens is 180 g/mol. The van der Waals surface area contributed by atoms with Crippen LogP contribution in [0.25, 0.3) is 0 Å². The molecule has 0 radical (unpaired) electrons. The van der Waals surface area contributed by atoms with Gasteiger partial charge in [0.05, 0.1) is 0 Å². The molecule has 3 heteroatoms. The quantitative estimate of drug-likeness (QED) is 0.545. The Morgan fingerprint density at radius 3 is 2.14 bits per heavy atom. The molecule has 0 saturated heterocycles. The number of Topliss-reactive ketones (excluding diaryl/α,β-unsaturated/α-hetero) is 1. The van der Waals surface area contributed by atoms with Gasteiger partial charge in [0.25, 0.3) is 0 Å². The minimum atomic E-state index is -1.27. The average Bonchev–Trinajstić information content (AvgIpc) is 2.03. The molecule has 0 aromatic rings. The van der Waals surface area contributed by atoms with E-state index in [0.717, 1.165) is 12.0 Å². The highest BCUT2D eigenvalue weighted by molar-refractivity contribution is 6.01. The van der Waals surface area contributed by atoms with Crippen LogP contribution in [0.5, 0.6) is 0 Å². The van der Waals surface area contributed by atoms with Crippen LogP contribution >= 0.6 is 0 Å². The number of hydrogen-bond donors (Lipinski definition) is 1. The molecule has 0 rings (SSSR count). The van der Waals surface area contributed by atoms with E-state index in [9.17, 15) is 9.59 Å². The van der Waals surface area contributed by atoms with E-state index in [1.54, 1.807) is 0 Å². The highest BCUT2D eigenvalue weighted by atomic mass is 16.4. The molecule has 0 aromatic carbocycles. The molecule has 0 aliphatic rings. The van der Waals surface area contributed by atoms with Gasteiger partial charge in [-0.2, -0.15) is 0 Å². The zero-order valence-corrected chi connectivity index (χ0v) is 9.26. The number of rotatable bonds is 5. The SMILES string of the molecule is CCC=C(C)CC(C)(C(C)=O)C(=O)O. The van der Waals surface area contributed by atoms with Crippen molar-refractivity contribution < 1.29 is 14.7 Å². The number of carbonyl (C=O) groups is 2. The fraction of sp³-hybridized carbons (Fsp3) is 0.636. The normalized spacial score (nSPS) is 16.1. The van der Waals surface area contributed by atoms with E-state index >= 15 is 0 Å². The number of carboxylic acids is 1. The number of hydrogen-bond acceptors (Lipinski definition) is 2. The maximum atomic E-state index is 11.2. The first kappa shape index (κ1) is 12.9. The van der Waals surface area contributed by atoms with Gasteiger partial charge in [-0.3, -0.25) is 9.59 Å². The number of aliphatic carboxylic acids is 1. The lowest BCUT2D eigenvalue weighted by molar-refractivity contribution is -0.153. The van der Waals surface area contributed by atoms with Gasteiger partial charge in [-0.15, -0.1) is 0 Å². The van der Waals surface area contributed by atoms with Gasteiger partial charge in [0.15, 0.2) is 0 Å². The van der Waals surface area contributed by atoms with Crippen molar-refractivity contribution in [2.24, 2.45) is 5.41 Å². The van der Waals surface area contributed by atoms with E-state index < -0.39 is 11.4 Å². The second-order valence-electron chi connectivity index (χ2n) is 3.83. The fourth-order valence-electron chi connectivity index (χ4n) is 1.33. The zero-order chi connectivity index (χ0) is 11.4. The summed E-state index contributed by atoms with van der Waals surface area (Å²) in [6, 6.07) is 0. The third-order valence-corrected chi connectivity index (χ3v) is 2.43. The largest absolute Gasteiger partial charge is 0.480 e. The maximum absolute atomic E-state index is 11.2. The highest BCUT2D eigenvalue weighted by Crippen LogP contribution is 2.27. The molecule has 80 valence electrons. The van der Waals surface area contributed by atoms with Crippen molar-refractivity contribution in [2.75, 3.05) is 0 Å². The molecule has 1 N–H and O–H groups in total. The lowest BCUT2D eigenvalue weighted by Gasteiger charge is -2.21. The number of carboxylic acid groups (broad SMARTS) is 1. The van der Waals surface area contributed by atoms with E-state index in [1.807, 2.05) is 19.9 Å². The van der Waals surface area contributed by atoms with E-state index in [4.69, 9.17) is 5.11 Å². The molecule has 0 fully saturated rings. The maximum Gasteiger partial charge on any atom is 0.317 e. The van der Waals surface area contributed by atoms with Gasteiger partial charge in [0, 0.05) is 0 Å². The number of carbonyl (C=O) groups excluding carboxylic acids is 1. The molecule has 0 spiro atoms. The summed E-state index contributed by atoms with van der Waals surface area (Å²) in [5, 5.41) is 8.97. The Morgan fingerprint density at radius 2 is 1.86 bits per heavy atom. The minimum Gasteiger partial charge on any atom is -0.480 e. The summed E-state index contributed by atoms with van der Waals surface area (Å²) in [5.74, 6) is -1.34. The Morgan fingerprint density at radius 1 is 1.36 bits per heavy atom. The van der Waals surface area contributed by atoms with Crippen LogP contribution in [0, 0.1) is 5.41 Å². The van der Waals surface area contributed by atoms with Gasteiger partial charge >= 0.3 is 5.97 Å². The predicted molar refractivity (Wildman–Crippen MR) is 55.1 cm³/mol. The van der Waals surface area contributed by atoms with Crippen LogP contribution in [-0.4, -0.2) is 16.9 Å². The van der Waals surface area contributed by atoms with Crippen LogP contribution in [0.2, 0.25) is 0 Å². The molecule has 0 aliphatic carbocycles. The monoisotopic (exact) mass is 198 g/mol. The first-order chi connectivity index (χ1) is 6.34. The van der Waals surface area contributed by atoms with Gasteiger partial charge in [0.2, 0.25) is 0 Å². The van der Waals surface area contributed by atoms with Gasteiger partial charge in [-0.05, 0) is 33.6 Å². The lowest BCUT2D eigenvalue weighted by atomic mass is 9.80. The summed E-state index contributed by atoms with van der Waals surface area (Å²) in [4.78, 5) is 22.2. The first-order valence-corrected chi connectivity index (χ1v) is 4.74. The molecule has 14 heavy (non-hydrogen) atoms. The molecule has 0 aliphatic heterocycles. The lowest BCUT2D eigenvalue weighted by Crippen LogP contribution is -2.35. The number of ketones is 1. The van der Waals surface area contributed by atoms with Gasteiger partial charge in [0.1, 0.15) is 11.2 Å². The molecule has 1 atom stereocenters. The van der Waals surface area contributed by atoms with Crippen molar-refractivity contribution in [3.8, 4) is 0 Å². The smallest absolute Gasteiger partial charge is 0.317 e. The summed E-state index contributed by atoms with van der Waals surface area (Å²) in [6.07, 6.45) is 3.11. The Bertz CT molecular complexity index is 250. The van der Waals surface area contributed by atoms with E-state index in [-0.39, 0.29) is 5.78 Å². The molecule has 3 nitrogen and oxygen atoms in total. The summed E-state index contributed by atoms with van der Waals surface area (Å²) in [5.41, 5.74) is -0.317. The van der Waals surface area contributed by atoms with Crippen LogP contribution in [0.3, 0.4) is 0 Å². The van der Waals surface area contributed by atoms with Crippen molar-refractivity contribution >= 4 is 11.8 Å². The number of allylic oxidation sites excluding steroid dienone is 2. The van der Waals surface area contributed by atoms with Gasteiger partial charge in [-0.25, -0.2) is 0 Å². The van der Waals surface area contributed by atoms with Crippen molar-refractivity contribution in [1.82, 2.24) is 0 Å². The van der Waals surface area contributed by atoms with Crippen LogP contribution < -0.4 is 0 Å². The van der Waals surface area contributed by atoms with Crippen LogP contribution in [0.1, 0.15) is 40.5 Å². The van der Waals surface area contributed by atoms with Crippen molar-refractivity contribution in [1.29, 1.82) is 0 Å². The zero-order valence-electron chi connectivity index (χ0n) is 9.26. The average molecular weight is 198 g/mol. The molecule has 0 saturated carbocycles. The first-order valence-electron chi connectivity index (χ1n) is 4.74. The predicted octanol–water partition coefficient (Wildman–Crippen LogP) is 2.41. The van der Waals surface area contributed by atoms with E-state index in [0.29, 0.717) is 6.42 Å². The Balaban J connectivity index is 4.80. The molecule has 0 aromatic heterocycles. The van der Waals surface area contributed by atoms with Crippen molar-refractivity contribution in [3.05, 3.63) is 11.6 Å². The van der Waals surface area contributed by atoms with Crippen molar-refractivity contribution in [2.45, 2.75) is 40.5 Å². The second-order valence-corrected chi connectivity index (χ2v) is 3.83. The Labute approximate surface area is 84.8 Å². The summed E-state index contributed by atoms with van der Waals surface area (Å²) in [7, 11) is 0. The van der Waals surface area contributed by atoms with Crippen LogP contribution in [0.15, 0.2) is 11.6 Å². The molecule has 0 bridgehead atoms. The van der Waals surface area contributed by atoms with E-state index in [1.165, 1.54) is 13.8 Å². The van der Waals surface area contributed by atoms with Gasteiger partial charge < -0.3 is 5.11 Å². The summed E-state index contributed by atoms with van der Waals surface area (Å²) < 4.78 is 0. The molecular formula is C11H18O3. The Kier molecular flexibility index (Phi) is 4.54. The minimum absolute atomic E-state index is 0.297. The highest BCUT2D eigenvalue weighted by Gasteiger charge is 2.38. The van der Waals surface area contributed by atoms with Gasteiger partial charge in [-0.1, -0.05) is 18.6 Å². The molecule has 0 amide bonds. The fourth-order valence-corrected chi connectivity index (χ4v) is 1.33. The summed E-state index contributed by atoms with van der Waals surface area (Å²) >= 11 is 0. The molecule has 0 heterocycles. The van der Waals surface area contributed by atoms with Crippen molar-refractivity contribution in [3.63, 3.8) is 0 Å². The standard InChI is InChI=1S/C11H18O3/c1-5-6-8(2)7-11(4,9(3)12)10(13)14/h6H,5,7H2,1-4H3,(H,13,14). The third kappa shape index (κ3) is 2.98. The summed E-state index contributed by atoms with van der Waals surface area (Å²) in [6.45, 7) is 6.64. The Hall–Kier alpha value is -1.12. The molecule has 1 unspecified atom stereocenters. The van der Waals surface area contributed by atoms with Crippen LogP contribution in [0.4, 0.5) is 0 Å². The second kappa shape index (κ2) is 4.94.